The molecule has 0 aromatic carbocycles. The Morgan fingerprint density at radius 1 is 1.82 bits per heavy atom. The predicted molar refractivity (Wildman–Crippen MR) is 42.5 cm³/mol. The van der Waals surface area contributed by atoms with E-state index >= 15 is 0 Å². The Bertz CT molecular complexity index is 282. The van der Waals surface area contributed by atoms with Crippen molar-refractivity contribution in [3.63, 3.8) is 0 Å². The normalized spacial score (nSPS) is 9.73. The third-order valence-electron chi connectivity index (χ3n) is 1.30. The molecule has 1 heterocycles. The van der Waals surface area contributed by atoms with Gasteiger partial charge in [0.1, 0.15) is 0 Å². The molecule has 0 unspecified atom stereocenters. The summed E-state index contributed by atoms with van der Waals surface area (Å²) in [6, 6.07) is 0. The first kappa shape index (κ1) is 8.26. The van der Waals surface area contributed by atoms with Crippen LogP contribution in [0.4, 0.5) is 4.79 Å². The molecule has 0 amide bonds. The summed E-state index contributed by atoms with van der Waals surface area (Å²) < 4.78 is 6.45. The van der Waals surface area contributed by atoms with Crippen LogP contribution in [-0.2, 0) is 4.74 Å². The Kier molecular flexibility index (Phi) is 2.28. The van der Waals surface area contributed by atoms with Gasteiger partial charge in [-0.1, -0.05) is 0 Å². The molecule has 0 saturated carbocycles. The number of rotatable bonds is 0. The number of methoxy groups -OCH3 is 1. The van der Waals surface area contributed by atoms with Crippen LogP contribution in [0.15, 0.2) is 10.7 Å². The average Bonchev–Trinajstić information content (AvgIpc) is 2.32. The molecular weight excluding hydrogens is 212 g/mol. The maximum absolute atomic E-state index is 10.9. The van der Waals surface area contributed by atoms with Crippen molar-refractivity contribution >= 4 is 22.0 Å². The van der Waals surface area contributed by atoms with Gasteiger partial charge in [-0.25, -0.2) is 4.79 Å². The monoisotopic (exact) mass is 218 g/mol. The number of halogens is 1. The van der Waals surface area contributed by atoms with Crippen LogP contribution in [0.3, 0.4) is 0 Å². The highest BCUT2D eigenvalue weighted by Crippen LogP contribution is 2.13. The van der Waals surface area contributed by atoms with Crippen LogP contribution in [0.25, 0.3) is 0 Å². The quantitative estimate of drug-likeness (QED) is 0.665. The summed E-state index contributed by atoms with van der Waals surface area (Å²) in [7, 11) is 1.32. The fourth-order valence-electron chi connectivity index (χ4n) is 0.660. The standard InChI is InChI=1S/C6H7BrN2O2/c1-4-5(7)3-8-9(4)6(10)11-2/h3H,1-2H3. The van der Waals surface area contributed by atoms with Gasteiger partial charge in [0.05, 0.1) is 23.5 Å². The number of aromatic nitrogens is 2. The van der Waals surface area contributed by atoms with Crippen LogP contribution in [0.1, 0.15) is 5.69 Å². The van der Waals surface area contributed by atoms with Crippen molar-refractivity contribution < 1.29 is 9.53 Å². The van der Waals surface area contributed by atoms with Gasteiger partial charge in [-0.2, -0.15) is 9.78 Å². The number of hydrogen-bond acceptors (Lipinski definition) is 3. The fraction of sp³-hybridized carbons (Fsp3) is 0.333. The van der Waals surface area contributed by atoms with Crippen LogP contribution in [0, 0.1) is 6.92 Å². The Balaban J connectivity index is 3.04. The van der Waals surface area contributed by atoms with Gasteiger partial charge < -0.3 is 4.74 Å². The molecule has 4 nitrogen and oxygen atoms in total. The first-order chi connectivity index (χ1) is 5.16. The van der Waals surface area contributed by atoms with Gasteiger partial charge in [-0.15, -0.1) is 0 Å². The van der Waals surface area contributed by atoms with E-state index in [0.29, 0.717) is 0 Å². The third-order valence-corrected chi connectivity index (χ3v) is 2.08. The molecule has 60 valence electrons. The molecule has 0 aliphatic rings. The molecule has 1 aromatic rings. The topological polar surface area (TPSA) is 44.1 Å². The lowest BCUT2D eigenvalue weighted by atomic mass is 10.5. The van der Waals surface area contributed by atoms with Crippen LogP contribution >= 0.6 is 15.9 Å². The van der Waals surface area contributed by atoms with E-state index in [1.807, 2.05) is 0 Å². The Morgan fingerprint density at radius 3 is 2.82 bits per heavy atom. The minimum absolute atomic E-state index is 0.479. The smallest absolute Gasteiger partial charge is 0.434 e. The largest absolute Gasteiger partial charge is 0.451 e. The molecule has 1 rings (SSSR count). The molecule has 0 atom stereocenters. The SMILES string of the molecule is COC(=O)n1ncc(Br)c1C. The molecule has 11 heavy (non-hydrogen) atoms. The lowest BCUT2D eigenvalue weighted by molar-refractivity contribution is 0.168. The molecule has 0 radical (unpaired) electrons. The number of nitrogens with zero attached hydrogens (tertiary/aromatic N) is 2. The number of ether oxygens (including phenoxy) is 1. The van der Waals surface area contributed by atoms with Gasteiger partial charge in [0, 0.05) is 0 Å². The predicted octanol–water partition coefficient (Wildman–Crippen LogP) is 1.57. The van der Waals surface area contributed by atoms with Crippen molar-refractivity contribution in [1.82, 2.24) is 9.78 Å². The molecule has 0 fully saturated rings. The van der Waals surface area contributed by atoms with Crippen LogP contribution in [-0.4, -0.2) is 23.0 Å². The van der Waals surface area contributed by atoms with E-state index in [9.17, 15) is 4.79 Å². The van der Waals surface area contributed by atoms with Crippen molar-refractivity contribution in [2.45, 2.75) is 6.92 Å². The highest BCUT2D eigenvalue weighted by molar-refractivity contribution is 9.10. The van der Waals surface area contributed by atoms with E-state index in [1.54, 1.807) is 13.1 Å². The highest BCUT2D eigenvalue weighted by Gasteiger charge is 2.10. The molecule has 0 N–H and O–H groups in total. The molecule has 5 heteroatoms. The van der Waals surface area contributed by atoms with Crippen molar-refractivity contribution in [2.75, 3.05) is 7.11 Å². The van der Waals surface area contributed by atoms with Gasteiger partial charge in [0.15, 0.2) is 0 Å². The highest BCUT2D eigenvalue weighted by atomic mass is 79.9. The lowest BCUT2D eigenvalue weighted by Crippen LogP contribution is -2.14. The molecule has 0 saturated heterocycles. The second-order valence-electron chi connectivity index (χ2n) is 1.96. The van der Waals surface area contributed by atoms with Gasteiger partial charge in [-0.3, -0.25) is 0 Å². The molecule has 0 bridgehead atoms. The summed E-state index contributed by atoms with van der Waals surface area (Å²) in [5.74, 6) is 0. The minimum atomic E-state index is -0.479. The van der Waals surface area contributed by atoms with Crippen molar-refractivity contribution in [3.8, 4) is 0 Å². The summed E-state index contributed by atoms with van der Waals surface area (Å²) in [6.07, 6.45) is 1.07. The first-order valence-corrected chi connectivity index (χ1v) is 3.74. The number of hydrogen-bond donors (Lipinski definition) is 0. The molecule has 1 aromatic heterocycles. The Labute approximate surface area is 72.3 Å². The number of carbonyl (C=O) groups excluding carboxylic acids is 1. The second kappa shape index (κ2) is 3.04. The second-order valence-corrected chi connectivity index (χ2v) is 2.81. The molecule has 0 spiro atoms. The van der Waals surface area contributed by atoms with E-state index in [4.69, 9.17) is 0 Å². The maximum Gasteiger partial charge on any atom is 0.434 e. The fourth-order valence-corrected chi connectivity index (χ4v) is 0.920. The van der Waals surface area contributed by atoms with Crippen LogP contribution in [0.5, 0.6) is 0 Å². The summed E-state index contributed by atoms with van der Waals surface area (Å²) in [6.45, 7) is 1.77. The van der Waals surface area contributed by atoms with E-state index in [-0.39, 0.29) is 0 Å². The third kappa shape index (κ3) is 1.42. The Hall–Kier alpha value is -0.840. The molecular formula is C6H7BrN2O2. The molecule has 0 aliphatic heterocycles. The lowest BCUT2D eigenvalue weighted by Gasteiger charge is -1.98. The van der Waals surface area contributed by atoms with E-state index in [1.165, 1.54) is 11.8 Å². The van der Waals surface area contributed by atoms with E-state index < -0.39 is 6.09 Å². The van der Waals surface area contributed by atoms with Crippen molar-refractivity contribution in [3.05, 3.63) is 16.4 Å². The summed E-state index contributed by atoms with van der Waals surface area (Å²) in [5.41, 5.74) is 0.733. The van der Waals surface area contributed by atoms with Crippen molar-refractivity contribution in [2.24, 2.45) is 0 Å². The minimum Gasteiger partial charge on any atom is -0.451 e. The maximum atomic E-state index is 10.9. The van der Waals surface area contributed by atoms with E-state index in [2.05, 4.69) is 25.8 Å². The van der Waals surface area contributed by atoms with Crippen LogP contribution < -0.4 is 0 Å². The molecule has 0 aliphatic carbocycles. The zero-order chi connectivity index (χ0) is 8.43. The average molecular weight is 219 g/mol. The summed E-state index contributed by atoms with van der Waals surface area (Å²) in [4.78, 5) is 10.9. The number of carbonyl (C=O) groups is 1. The zero-order valence-corrected chi connectivity index (χ0v) is 7.75. The first-order valence-electron chi connectivity index (χ1n) is 2.95. The zero-order valence-electron chi connectivity index (χ0n) is 6.17. The van der Waals surface area contributed by atoms with Crippen molar-refractivity contribution in [1.29, 1.82) is 0 Å². The van der Waals surface area contributed by atoms with Gasteiger partial charge in [0.25, 0.3) is 0 Å². The van der Waals surface area contributed by atoms with Crippen LogP contribution in [0.2, 0.25) is 0 Å². The summed E-state index contributed by atoms with van der Waals surface area (Å²) in [5, 5.41) is 3.78. The van der Waals surface area contributed by atoms with Gasteiger partial charge in [0.2, 0.25) is 0 Å². The van der Waals surface area contributed by atoms with Gasteiger partial charge >= 0.3 is 6.09 Å². The summed E-state index contributed by atoms with van der Waals surface area (Å²) >= 11 is 3.22. The van der Waals surface area contributed by atoms with E-state index in [0.717, 1.165) is 10.2 Å². The Morgan fingerprint density at radius 2 is 2.45 bits per heavy atom. The van der Waals surface area contributed by atoms with Gasteiger partial charge in [-0.05, 0) is 22.9 Å².